The monoisotopic (exact) mass is 297 g/mol. The molecular weight excluding hydrogens is 282 g/mol. The second kappa shape index (κ2) is 5.72. The molecule has 108 valence electrons. The van der Waals surface area contributed by atoms with Crippen LogP contribution in [0.5, 0.6) is 5.75 Å². The molecule has 0 amide bonds. The minimum absolute atomic E-state index is 0.135. The van der Waals surface area contributed by atoms with Gasteiger partial charge in [-0.2, -0.15) is 0 Å². The van der Waals surface area contributed by atoms with E-state index in [2.05, 4.69) is 5.32 Å². The second-order valence-electron chi connectivity index (χ2n) is 4.51. The maximum Gasteiger partial charge on any atom is 0.336 e. The van der Waals surface area contributed by atoms with Crippen molar-refractivity contribution in [3.8, 4) is 5.75 Å². The Kier molecular flexibility index (Phi) is 4.20. The highest BCUT2D eigenvalue weighted by molar-refractivity contribution is 8.01. The Morgan fingerprint density at radius 3 is 2.60 bits per heavy atom. The van der Waals surface area contributed by atoms with Crippen LogP contribution in [0.3, 0.4) is 0 Å². The largest absolute Gasteiger partial charge is 0.508 e. The van der Waals surface area contributed by atoms with Gasteiger partial charge in [0.05, 0.1) is 7.11 Å². The molecule has 1 aromatic rings. The van der Waals surface area contributed by atoms with Gasteiger partial charge in [0.2, 0.25) is 0 Å². The number of carboxylic acids is 1. The van der Waals surface area contributed by atoms with Crippen LogP contribution in [0.1, 0.15) is 5.56 Å². The van der Waals surface area contributed by atoms with E-state index in [1.54, 1.807) is 12.1 Å². The van der Waals surface area contributed by atoms with Crippen molar-refractivity contribution < 1.29 is 24.5 Å². The zero-order valence-corrected chi connectivity index (χ0v) is 11.6. The summed E-state index contributed by atoms with van der Waals surface area (Å²) < 4.78 is 4.80. The van der Waals surface area contributed by atoms with E-state index in [-0.39, 0.29) is 12.2 Å². The third-order valence-corrected chi connectivity index (χ3v) is 4.53. The molecule has 1 saturated heterocycles. The molecule has 2 atom stereocenters. The number of esters is 1. The van der Waals surface area contributed by atoms with Crippen molar-refractivity contribution in [2.24, 2.45) is 0 Å². The van der Waals surface area contributed by atoms with E-state index in [4.69, 9.17) is 9.84 Å². The first-order valence-corrected chi connectivity index (χ1v) is 6.96. The highest BCUT2D eigenvalue weighted by Crippen LogP contribution is 2.35. The summed E-state index contributed by atoms with van der Waals surface area (Å²) in [6.45, 7) is 0. The van der Waals surface area contributed by atoms with Gasteiger partial charge in [-0.1, -0.05) is 12.1 Å². The van der Waals surface area contributed by atoms with Crippen LogP contribution in [-0.2, 0) is 20.7 Å². The van der Waals surface area contributed by atoms with Crippen LogP contribution in [0.4, 0.5) is 0 Å². The number of carboxylic acid groups (broad SMARTS) is 1. The fourth-order valence-electron chi connectivity index (χ4n) is 2.08. The lowest BCUT2D eigenvalue weighted by Crippen LogP contribution is -2.52. The van der Waals surface area contributed by atoms with E-state index >= 15 is 0 Å². The van der Waals surface area contributed by atoms with E-state index < -0.39 is 22.9 Å². The topological polar surface area (TPSA) is 95.9 Å². The predicted octanol–water partition coefficient (Wildman–Crippen LogP) is 0.594. The summed E-state index contributed by atoms with van der Waals surface area (Å²) >= 11 is 1.23. The van der Waals surface area contributed by atoms with Gasteiger partial charge in [0.25, 0.3) is 0 Å². The van der Waals surface area contributed by atoms with Crippen molar-refractivity contribution in [2.45, 2.75) is 17.3 Å². The molecule has 1 aromatic carbocycles. The molecule has 2 unspecified atom stereocenters. The number of hydrogen-bond acceptors (Lipinski definition) is 6. The molecule has 2 rings (SSSR count). The summed E-state index contributed by atoms with van der Waals surface area (Å²) in [5, 5.41) is 21.1. The second-order valence-corrected chi connectivity index (χ2v) is 5.83. The molecule has 1 aliphatic heterocycles. The number of aromatic hydroxyl groups is 1. The zero-order valence-electron chi connectivity index (χ0n) is 10.8. The first-order chi connectivity index (χ1) is 9.47. The fraction of sp³-hybridized carbons (Fsp3) is 0.385. The van der Waals surface area contributed by atoms with Gasteiger partial charge in [0.1, 0.15) is 11.8 Å². The molecule has 0 spiro atoms. The fourth-order valence-corrected chi connectivity index (χ4v) is 3.45. The number of hydrogen-bond donors (Lipinski definition) is 3. The summed E-state index contributed by atoms with van der Waals surface area (Å²) in [7, 11) is 1.28. The molecule has 7 heteroatoms. The van der Waals surface area contributed by atoms with Crippen molar-refractivity contribution in [1.29, 1.82) is 0 Å². The normalized spacial score (nSPS) is 25.4. The minimum atomic E-state index is -1.10. The number of rotatable bonds is 4. The lowest BCUT2D eigenvalue weighted by Gasteiger charge is -2.26. The number of methoxy groups -OCH3 is 1. The van der Waals surface area contributed by atoms with Crippen LogP contribution < -0.4 is 5.32 Å². The van der Waals surface area contributed by atoms with E-state index in [1.165, 1.54) is 31.0 Å². The van der Waals surface area contributed by atoms with Crippen LogP contribution >= 0.6 is 11.8 Å². The lowest BCUT2D eigenvalue weighted by molar-refractivity contribution is -0.145. The van der Waals surface area contributed by atoms with E-state index in [0.29, 0.717) is 5.75 Å². The average Bonchev–Trinajstić information content (AvgIpc) is 2.86. The van der Waals surface area contributed by atoms with Crippen molar-refractivity contribution in [3.05, 3.63) is 29.8 Å². The Morgan fingerprint density at radius 2 is 2.10 bits per heavy atom. The molecule has 0 radical (unpaired) electrons. The van der Waals surface area contributed by atoms with Crippen molar-refractivity contribution >= 4 is 23.7 Å². The smallest absolute Gasteiger partial charge is 0.336 e. The summed E-state index contributed by atoms with van der Waals surface area (Å²) in [6, 6.07) is 5.65. The molecule has 20 heavy (non-hydrogen) atoms. The summed E-state index contributed by atoms with van der Waals surface area (Å²) in [5.41, 5.74) is 0.805. The number of thioether (sulfide) groups is 1. The number of carbonyl (C=O) groups is 2. The Labute approximate surface area is 120 Å². The van der Waals surface area contributed by atoms with Crippen molar-refractivity contribution in [1.82, 2.24) is 5.32 Å². The maximum absolute atomic E-state index is 12.0. The number of ether oxygens (including phenoxy) is 1. The Balaban J connectivity index is 2.23. The van der Waals surface area contributed by atoms with Crippen LogP contribution in [0.2, 0.25) is 0 Å². The van der Waals surface area contributed by atoms with Gasteiger partial charge in [-0.05, 0) is 17.7 Å². The number of phenolic OH excluding ortho intramolecular Hbond substituents is 1. The Morgan fingerprint density at radius 1 is 1.45 bits per heavy atom. The first kappa shape index (κ1) is 14.7. The zero-order chi connectivity index (χ0) is 14.8. The number of phenols is 1. The number of nitrogens with one attached hydrogen (secondary N) is 1. The van der Waals surface area contributed by atoms with Crippen LogP contribution in [0.15, 0.2) is 24.3 Å². The van der Waals surface area contributed by atoms with Crippen molar-refractivity contribution in [2.75, 3.05) is 12.9 Å². The SMILES string of the molecule is COC(=O)C1(Cc2ccc(O)cc2)NC(C(=O)O)CS1. The highest BCUT2D eigenvalue weighted by Gasteiger charge is 2.48. The molecule has 0 bridgehead atoms. The number of carbonyl (C=O) groups excluding carboxylic acids is 1. The predicted molar refractivity (Wildman–Crippen MR) is 73.6 cm³/mol. The summed E-state index contributed by atoms with van der Waals surface area (Å²) in [5.74, 6) is -1.06. The van der Waals surface area contributed by atoms with Gasteiger partial charge >= 0.3 is 11.9 Å². The van der Waals surface area contributed by atoms with E-state index in [9.17, 15) is 14.7 Å². The molecule has 0 aliphatic carbocycles. The number of benzene rings is 1. The van der Waals surface area contributed by atoms with E-state index in [1.807, 2.05) is 0 Å². The van der Waals surface area contributed by atoms with Gasteiger partial charge < -0.3 is 14.9 Å². The Hall–Kier alpha value is -1.73. The molecule has 1 heterocycles. The minimum Gasteiger partial charge on any atom is -0.508 e. The first-order valence-electron chi connectivity index (χ1n) is 5.97. The maximum atomic E-state index is 12.0. The Bertz CT molecular complexity index is 518. The standard InChI is InChI=1S/C13H15NO5S/c1-19-12(18)13(14-10(7-20-13)11(16)17)6-8-2-4-9(15)5-3-8/h2-5,10,14-15H,6-7H2,1H3,(H,16,17). The lowest BCUT2D eigenvalue weighted by atomic mass is 10.0. The quantitative estimate of drug-likeness (QED) is 0.700. The van der Waals surface area contributed by atoms with Gasteiger partial charge in [0.15, 0.2) is 4.87 Å². The van der Waals surface area contributed by atoms with Gasteiger partial charge in [-0.3, -0.25) is 10.1 Å². The summed E-state index contributed by atoms with van der Waals surface area (Å²) in [4.78, 5) is 22.0. The van der Waals surface area contributed by atoms with E-state index in [0.717, 1.165) is 5.56 Å². The van der Waals surface area contributed by atoms with Gasteiger partial charge in [-0.25, -0.2) is 4.79 Å². The molecule has 6 nitrogen and oxygen atoms in total. The van der Waals surface area contributed by atoms with Gasteiger partial charge in [-0.15, -0.1) is 11.8 Å². The van der Waals surface area contributed by atoms with Gasteiger partial charge in [0, 0.05) is 12.2 Å². The molecular formula is C13H15NO5S. The average molecular weight is 297 g/mol. The summed E-state index contributed by atoms with van der Waals surface area (Å²) in [6.07, 6.45) is 0.286. The number of aliphatic carboxylic acids is 1. The van der Waals surface area contributed by atoms with Crippen LogP contribution in [-0.4, -0.2) is 45.9 Å². The molecule has 1 fully saturated rings. The molecule has 0 saturated carbocycles. The van der Waals surface area contributed by atoms with Crippen LogP contribution in [0.25, 0.3) is 0 Å². The third-order valence-electron chi connectivity index (χ3n) is 3.11. The van der Waals surface area contributed by atoms with Crippen LogP contribution in [0, 0.1) is 0 Å². The molecule has 0 aromatic heterocycles. The highest BCUT2D eigenvalue weighted by atomic mass is 32.2. The molecule has 3 N–H and O–H groups in total. The molecule has 1 aliphatic rings. The third kappa shape index (κ3) is 2.88. The van der Waals surface area contributed by atoms with Crippen molar-refractivity contribution in [3.63, 3.8) is 0 Å².